The normalized spacial score (nSPS) is 18.6. The van der Waals surface area contributed by atoms with E-state index in [1.54, 1.807) is 17.9 Å². The molecule has 1 aromatic heterocycles. The zero-order chi connectivity index (χ0) is 18.0. The number of amides is 1. The van der Waals surface area contributed by atoms with Crippen molar-refractivity contribution in [2.45, 2.75) is 19.4 Å². The summed E-state index contributed by atoms with van der Waals surface area (Å²) in [6, 6.07) is 6.94. The Hall–Kier alpha value is -1.73. The van der Waals surface area contributed by atoms with Crippen molar-refractivity contribution in [3.8, 4) is 0 Å². The average Bonchev–Trinajstić information content (AvgIpc) is 2.93. The molecule has 1 atom stereocenters. The van der Waals surface area contributed by atoms with Crippen molar-refractivity contribution in [3.05, 3.63) is 52.0 Å². The Balaban J connectivity index is 1.56. The molecule has 7 heteroatoms. The molecule has 5 nitrogen and oxygen atoms in total. The fourth-order valence-electron chi connectivity index (χ4n) is 3.19. The molecule has 0 bridgehead atoms. The highest BCUT2D eigenvalue weighted by Gasteiger charge is 2.29. The molecule has 1 aromatic carbocycles. The van der Waals surface area contributed by atoms with E-state index in [0.717, 1.165) is 29.5 Å². The van der Waals surface area contributed by atoms with Crippen molar-refractivity contribution < 1.29 is 9.18 Å². The van der Waals surface area contributed by atoms with Crippen molar-refractivity contribution in [1.82, 2.24) is 19.6 Å². The van der Waals surface area contributed by atoms with Crippen LogP contribution >= 0.6 is 15.9 Å². The summed E-state index contributed by atoms with van der Waals surface area (Å²) in [4.78, 5) is 16.9. The molecule has 134 valence electrons. The van der Waals surface area contributed by atoms with Crippen LogP contribution < -0.4 is 0 Å². The average molecular weight is 409 g/mol. The number of piperazine rings is 1. The van der Waals surface area contributed by atoms with E-state index in [1.807, 2.05) is 17.0 Å². The van der Waals surface area contributed by atoms with E-state index in [4.69, 9.17) is 0 Å². The molecular formula is C18H22BrFN4O. The molecule has 2 aromatic rings. The summed E-state index contributed by atoms with van der Waals surface area (Å²) >= 11 is 3.40. The van der Waals surface area contributed by atoms with E-state index in [-0.39, 0.29) is 17.8 Å². The Morgan fingerprint density at radius 3 is 2.64 bits per heavy atom. The first kappa shape index (κ1) is 18.1. The number of halogens is 2. The Kier molecular flexibility index (Phi) is 5.54. The summed E-state index contributed by atoms with van der Waals surface area (Å²) in [5.74, 6) is -0.234. The summed E-state index contributed by atoms with van der Waals surface area (Å²) in [5, 5.41) is 4.25. The third kappa shape index (κ3) is 4.27. The van der Waals surface area contributed by atoms with Gasteiger partial charge in [0, 0.05) is 45.5 Å². The standard InChI is InChI=1S/C18H22BrFN4O/c1-13-11-24(18(25)17-16(19)12-22(2)21-17)10-9-23(13)8-7-14-3-5-15(20)6-4-14/h3-6,12-13H,7-11H2,1-2H3/t13-/m0/s1. The maximum atomic E-state index is 13.0. The monoisotopic (exact) mass is 408 g/mol. The number of benzene rings is 1. The van der Waals surface area contributed by atoms with Crippen molar-refractivity contribution >= 4 is 21.8 Å². The number of aromatic nitrogens is 2. The second-order valence-electron chi connectivity index (χ2n) is 6.51. The van der Waals surface area contributed by atoms with Crippen molar-refractivity contribution in [3.63, 3.8) is 0 Å². The summed E-state index contributed by atoms with van der Waals surface area (Å²) < 4.78 is 15.3. The topological polar surface area (TPSA) is 41.4 Å². The molecule has 1 aliphatic rings. The Bertz CT molecular complexity index is 746. The molecule has 0 saturated carbocycles. The van der Waals surface area contributed by atoms with Gasteiger partial charge >= 0.3 is 0 Å². The fraction of sp³-hybridized carbons (Fsp3) is 0.444. The summed E-state index contributed by atoms with van der Waals surface area (Å²) in [7, 11) is 1.80. The first-order valence-electron chi connectivity index (χ1n) is 8.41. The highest BCUT2D eigenvalue weighted by Crippen LogP contribution is 2.19. The molecule has 1 amide bonds. The highest BCUT2D eigenvalue weighted by molar-refractivity contribution is 9.10. The highest BCUT2D eigenvalue weighted by atomic mass is 79.9. The molecule has 0 aliphatic carbocycles. The van der Waals surface area contributed by atoms with Crippen LogP contribution in [0.3, 0.4) is 0 Å². The molecule has 3 rings (SSSR count). The quantitative estimate of drug-likeness (QED) is 0.780. The lowest BCUT2D eigenvalue weighted by atomic mass is 10.1. The maximum Gasteiger partial charge on any atom is 0.275 e. The fourth-order valence-corrected chi connectivity index (χ4v) is 3.74. The van der Waals surface area contributed by atoms with Gasteiger partial charge in [-0.05, 0) is 47.0 Å². The van der Waals surface area contributed by atoms with Crippen LogP contribution in [0, 0.1) is 5.82 Å². The lowest BCUT2D eigenvalue weighted by Crippen LogP contribution is -2.54. The van der Waals surface area contributed by atoms with Gasteiger partial charge in [-0.25, -0.2) is 4.39 Å². The van der Waals surface area contributed by atoms with E-state index in [9.17, 15) is 9.18 Å². The lowest BCUT2D eigenvalue weighted by Gasteiger charge is -2.39. The number of nitrogens with zero attached hydrogens (tertiary/aromatic N) is 4. The first-order valence-corrected chi connectivity index (χ1v) is 9.20. The zero-order valence-corrected chi connectivity index (χ0v) is 16.0. The Labute approximate surface area is 155 Å². The van der Waals surface area contributed by atoms with Crippen molar-refractivity contribution in [1.29, 1.82) is 0 Å². The number of hydrogen-bond acceptors (Lipinski definition) is 3. The van der Waals surface area contributed by atoms with Crippen LogP contribution in [0.2, 0.25) is 0 Å². The van der Waals surface area contributed by atoms with Crippen molar-refractivity contribution in [2.75, 3.05) is 26.2 Å². The Morgan fingerprint density at radius 2 is 2.04 bits per heavy atom. The van der Waals surface area contributed by atoms with Gasteiger partial charge in [0.05, 0.1) is 4.47 Å². The number of aryl methyl sites for hydroxylation is 1. The molecule has 0 spiro atoms. The third-order valence-electron chi connectivity index (χ3n) is 4.64. The van der Waals surface area contributed by atoms with Crippen LogP contribution in [0.1, 0.15) is 23.0 Å². The van der Waals surface area contributed by atoms with Gasteiger partial charge in [-0.15, -0.1) is 0 Å². The molecule has 0 N–H and O–H groups in total. The SMILES string of the molecule is C[C@H]1CN(C(=O)c2nn(C)cc2Br)CCN1CCc1ccc(F)cc1. The van der Waals surface area contributed by atoms with Gasteiger partial charge in [0.1, 0.15) is 5.82 Å². The van der Waals surface area contributed by atoms with Crippen LogP contribution in [0.15, 0.2) is 34.9 Å². The predicted molar refractivity (Wildman–Crippen MR) is 98.0 cm³/mol. The number of carbonyl (C=O) groups excluding carboxylic acids is 1. The second kappa shape index (κ2) is 7.66. The molecule has 1 saturated heterocycles. The summed E-state index contributed by atoms with van der Waals surface area (Å²) in [5.41, 5.74) is 1.60. The molecule has 1 fully saturated rings. The van der Waals surface area contributed by atoms with Gasteiger partial charge in [-0.3, -0.25) is 14.4 Å². The minimum absolute atomic E-state index is 0.0301. The molecular weight excluding hydrogens is 387 g/mol. The van der Waals surface area contributed by atoms with Crippen LogP contribution in [-0.2, 0) is 13.5 Å². The van der Waals surface area contributed by atoms with Crippen LogP contribution in [0.25, 0.3) is 0 Å². The van der Waals surface area contributed by atoms with Gasteiger partial charge in [-0.1, -0.05) is 12.1 Å². The van der Waals surface area contributed by atoms with Gasteiger partial charge < -0.3 is 4.90 Å². The molecule has 2 heterocycles. The summed E-state index contributed by atoms with van der Waals surface area (Å²) in [6.07, 6.45) is 2.67. The van der Waals surface area contributed by atoms with Gasteiger partial charge in [0.25, 0.3) is 5.91 Å². The van der Waals surface area contributed by atoms with Crippen LogP contribution in [0.5, 0.6) is 0 Å². The van der Waals surface area contributed by atoms with Gasteiger partial charge in [-0.2, -0.15) is 5.10 Å². The van der Waals surface area contributed by atoms with E-state index in [1.165, 1.54) is 12.1 Å². The zero-order valence-electron chi connectivity index (χ0n) is 14.5. The van der Waals surface area contributed by atoms with E-state index in [2.05, 4.69) is 32.9 Å². The third-order valence-corrected chi connectivity index (χ3v) is 5.22. The molecule has 0 radical (unpaired) electrons. The largest absolute Gasteiger partial charge is 0.334 e. The van der Waals surface area contributed by atoms with E-state index in [0.29, 0.717) is 18.8 Å². The smallest absolute Gasteiger partial charge is 0.275 e. The van der Waals surface area contributed by atoms with E-state index < -0.39 is 0 Å². The second-order valence-corrected chi connectivity index (χ2v) is 7.37. The van der Waals surface area contributed by atoms with Crippen LogP contribution in [0.4, 0.5) is 4.39 Å². The number of carbonyl (C=O) groups is 1. The maximum absolute atomic E-state index is 13.0. The minimum atomic E-state index is -0.204. The summed E-state index contributed by atoms with van der Waals surface area (Å²) in [6.45, 7) is 5.25. The van der Waals surface area contributed by atoms with Crippen molar-refractivity contribution in [2.24, 2.45) is 7.05 Å². The minimum Gasteiger partial charge on any atom is -0.334 e. The van der Waals surface area contributed by atoms with Gasteiger partial charge in [0.15, 0.2) is 5.69 Å². The van der Waals surface area contributed by atoms with Gasteiger partial charge in [0.2, 0.25) is 0 Å². The van der Waals surface area contributed by atoms with Crippen LogP contribution in [-0.4, -0.2) is 57.7 Å². The number of rotatable bonds is 4. The number of hydrogen-bond donors (Lipinski definition) is 0. The van der Waals surface area contributed by atoms with E-state index >= 15 is 0 Å². The molecule has 25 heavy (non-hydrogen) atoms. The molecule has 1 aliphatic heterocycles. The Morgan fingerprint density at radius 1 is 1.32 bits per heavy atom. The molecule has 0 unspecified atom stereocenters. The lowest BCUT2D eigenvalue weighted by molar-refractivity contribution is 0.0511. The first-order chi connectivity index (χ1) is 11.9. The predicted octanol–water partition coefficient (Wildman–Crippen LogP) is 2.71.